The SMILES string of the molecule is O=CC1=C(O)CC(F)C1O. The lowest BCUT2D eigenvalue weighted by molar-refractivity contribution is -0.106. The Balaban J connectivity index is 2.84. The fraction of sp³-hybridized carbons (Fsp3) is 0.500. The van der Waals surface area contributed by atoms with Crippen LogP contribution in [0.15, 0.2) is 11.3 Å². The molecule has 1 rings (SSSR count). The van der Waals surface area contributed by atoms with Gasteiger partial charge in [-0.25, -0.2) is 4.39 Å². The lowest BCUT2D eigenvalue weighted by Gasteiger charge is -2.03. The summed E-state index contributed by atoms with van der Waals surface area (Å²) in [5.74, 6) is -0.338. The second-order valence-electron chi connectivity index (χ2n) is 2.18. The van der Waals surface area contributed by atoms with E-state index in [1.807, 2.05) is 0 Å². The van der Waals surface area contributed by atoms with E-state index in [0.29, 0.717) is 0 Å². The smallest absolute Gasteiger partial charge is 0.152 e. The van der Waals surface area contributed by atoms with E-state index in [2.05, 4.69) is 0 Å². The Morgan fingerprint density at radius 1 is 1.70 bits per heavy atom. The molecule has 0 radical (unpaired) electrons. The molecule has 1 aliphatic carbocycles. The van der Waals surface area contributed by atoms with Crippen LogP contribution < -0.4 is 0 Å². The molecule has 0 bridgehead atoms. The fourth-order valence-corrected chi connectivity index (χ4v) is 0.917. The fourth-order valence-electron chi connectivity index (χ4n) is 0.917. The van der Waals surface area contributed by atoms with Crippen molar-refractivity contribution in [2.45, 2.75) is 18.7 Å². The quantitative estimate of drug-likeness (QED) is 0.516. The maximum atomic E-state index is 12.4. The lowest BCUT2D eigenvalue weighted by Crippen LogP contribution is -2.18. The number of aldehydes is 1. The summed E-state index contributed by atoms with van der Waals surface area (Å²) in [5, 5.41) is 17.6. The van der Waals surface area contributed by atoms with E-state index in [1.165, 1.54) is 0 Å². The van der Waals surface area contributed by atoms with E-state index in [4.69, 9.17) is 10.2 Å². The second-order valence-corrected chi connectivity index (χ2v) is 2.18. The molecule has 10 heavy (non-hydrogen) atoms. The summed E-state index contributed by atoms with van der Waals surface area (Å²) in [6, 6.07) is 0. The van der Waals surface area contributed by atoms with Crippen LogP contribution in [-0.2, 0) is 4.79 Å². The predicted molar refractivity (Wildman–Crippen MR) is 31.2 cm³/mol. The van der Waals surface area contributed by atoms with Gasteiger partial charge in [0, 0.05) is 6.42 Å². The zero-order valence-corrected chi connectivity index (χ0v) is 5.12. The minimum atomic E-state index is -1.53. The maximum absolute atomic E-state index is 12.4. The molecule has 2 N–H and O–H groups in total. The van der Waals surface area contributed by atoms with E-state index < -0.39 is 12.3 Å². The van der Waals surface area contributed by atoms with Crippen molar-refractivity contribution >= 4 is 6.29 Å². The third kappa shape index (κ3) is 0.903. The average molecular weight is 146 g/mol. The first-order valence-electron chi connectivity index (χ1n) is 2.86. The van der Waals surface area contributed by atoms with Crippen molar-refractivity contribution in [3.63, 3.8) is 0 Å². The summed E-state index contributed by atoms with van der Waals surface area (Å²) >= 11 is 0. The molecule has 0 saturated heterocycles. The normalized spacial score (nSPS) is 33.0. The highest BCUT2D eigenvalue weighted by Crippen LogP contribution is 2.25. The molecule has 0 spiro atoms. The van der Waals surface area contributed by atoms with Crippen molar-refractivity contribution < 1.29 is 19.4 Å². The molecule has 1 aliphatic rings. The van der Waals surface area contributed by atoms with Crippen molar-refractivity contribution in [1.82, 2.24) is 0 Å². The van der Waals surface area contributed by atoms with Gasteiger partial charge in [-0.2, -0.15) is 0 Å². The number of hydrogen-bond donors (Lipinski definition) is 2. The summed E-state index contributed by atoms with van der Waals surface area (Å²) in [4.78, 5) is 10.0. The molecule has 0 amide bonds. The Hall–Kier alpha value is -0.900. The van der Waals surface area contributed by atoms with Gasteiger partial charge in [0.1, 0.15) is 18.0 Å². The van der Waals surface area contributed by atoms with Crippen LogP contribution >= 0.6 is 0 Å². The number of aliphatic hydroxyl groups excluding tert-OH is 2. The van der Waals surface area contributed by atoms with Gasteiger partial charge in [-0.05, 0) is 0 Å². The molecule has 56 valence electrons. The van der Waals surface area contributed by atoms with Crippen LogP contribution in [0.4, 0.5) is 4.39 Å². The van der Waals surface area contributed by atoms with Gasteiger partial charge in [0.05, 0.1) is 5.57 Å². The first kappa shape index (κ1) is 7.21. The Bertz CT molecular complexity index is 187. The van der Waals surface area contributed by atoms with Crippen LogP contribution in [0.25, 0.3) is 0 Å². The number of hydrogen-bond acceptors (Lipinski definition) is 3. The zero-order valence-electron chi connectivity index (χ0n) is 5.12. The molecule has 0 heterocycles. The first-order chi connectivity index (χ1) is 4.66. The van der Waals surface area contributed by atoms with Crippen molar-refractivity contribution in [3.05, 3.63) is 11.3 Å². The second kappa shape index (κ2) is 2.38. The third-order valence-corrected chi connectivity index (χ3v) is 1.51. The van der Waals surface area contributed by atoms with Gasteiger partial charge in [-0.15, -0.1) is 0 Å². The number of rotatable bonds is 1. The number of halogens is 1. The molecule has 0 aromatic rings. The Labute approximate surface area is 56.8 Å². The van der Waals surface area contributed by atoms with Crippen LogP contribution in [-0.4, -0.2) is 28.8 Å². The Morgan fingerprint density at radius 2 is 2.30 bits per heavy atom. The Kier molecular flexibility index (Phi) is 1.72. The molecule has 0 aliphatic heterocycles. The van der Waals surface area contributed by atoms with E-state index in [0.717, 1.165) is 0 Å². The van der Waals surface area contributed by atoms with Crippen molar-refractivity contribution in [3.8, 4) is 0 Å². The molecule has 0 aromatic carbocycles. The van der Waals surface area contributed by atoms with Crippen molar-refractivity contribution in [2.75, 3.05) is 0 Å². The van der Waals surface area contributed by atoms with Gasteiger partial charge < -0.3 is 10.2 Å². The predicted octanol–water partition coefficient (Wildman–Crippen LogP) is 0.100. The van der Waals surface area contributed by atoms with Crippen LogP contribution in [0.3, 0.4) is 0 Å². The average Bonchev–Trinajstić information content (AvgIpc) is 2.09. The van der Waals surface area contributed by atoms with Gasteiger partial charge in [0.25, 0.3) is 0 Å². The van der Waals surface area contributed by atoms with Gasteiger partial charge in [-0.3, -0.25) is 4.79 Å². The summed E-state index contributed by atoms with van der Waals surface area (Å²) in [5.41, 5.74) is -0.229. The largest absolute Gasteiger partial charge is 0.512 e. The topological polar surface area (TPSA) is 57.5 Å². The number of aliphatic hydroxyl groups is 2. The van der Waals surface area contributed by atoms with Crippen molar-refractivity contribution in [2.24, 2.45) is 0 Å². The molecule has 0 saturated carbocycles. The summed E-state index contributed by atoms with van der Waals surface area (Å²) in [6.45, 7) is 0. The van der Waals surface area contributed by atoms with Gasteiger partial charge in [0.15, 0.2) is 6.29 Å². The van der Waals surface area contributed by atoms with Crippen LogP contribution in [0, 0.1) is 0 Å². The highest BCUT2D eigenvalue weighted by molar-refractivity contribution is 5.76. The van der Waals surface area contributed by atoms with Crippen LogP contribution in [0.1, 0.15) is 6.42 Å². The molecule has 0 aromatic heterocycles. The number of allylic oxidation sites excluding steroid dienone is 1. The van der Waals surface area contributed by atoms with E-state index in [9.17, 15) is 9.18 Å². The molecule has 2 unspecified atom stereocenters. The molecule has 3 nitrogen and oxygen atoms in total. The summed E-state index contributed by atoms with van der Waals surface area (Å²) < 4.78 is 12.4. The minimum Gasteiger partial charge on any atom is -0.512 e. The molecule has 0 fully saturated rings. The van der Waals surface area contributed by atoms with E-state index >= 15 is 0 Å². The van der Waals surface area contributed by atoms with Gasteiger partial charge >= 0.3 is 0 Å². The van der Waals surface area contributed by atoms with Gasteiger partial charge in [-0.1, -0.05) is 0 Å². The Morgan fingerprint density at radius 3 is 2.50 bits per heavy atom. The van der Waals surface area contributed by atoms with E-state index in [-0.39, 0.29) is 24.0 Å². The van der Waals surface area contributed by atoms with E-state index in [1.54, 1.807) is 0 Å². The van der Waals surface area contributed by atoms with Crippen LogP contribution in [0.5, 0.6) is 0 Å². The number of carbonyl (C=O) groups excluding carboxylic acids is 1. The molecule has 2 atom stereocenters. The lowest BCUT2D eigenvalue weighted by atomic mass is 10.2. The minimum absolute atomic E-state index is 0.229. The monoisotopic (exact) mass is 146 g/mol. The maximum Gasteiger partial charge on any atom is 0.152 e. The number of carbonyl (C=O) groups is 1. The molecule has 4 heteroatoms. The van der Waals surface area contributed by atoms with Crippen LogP contribution in [0.2, 0.25) is 0 Å². The third-order valence-electron chi connectivity index (χ3n) is 1.51. The number of alkyl halides is 1. The standard InChI is InChI=1S/C6H7FO3/c7-4-1-5(9)3(2-8)6(4)10/h2,4,6,9-10H,1H2. The molecular weight excluding hydrogens is 139 g/mol. The highest BCUT2D eigenvalue weighted by atomic mass is 19.1. The first-order valence-corrected chi connectivity index (χ1v) is 2.86. The molecular formula is C6H7FO3. The summed E-state index contributed by atoms with van der Waals surface area (Å²) in [6.07, 6.45) is -2.94. The highest BCUT2D eigenvalue weighted by Gasteiger charge is 2.33. The summed E-state index contributed by atoms with van der Waals surface area (Å²) in [7, 11) is 0. The van der Waals surface area contributed by atoms with Crippen molar-refractivity contribution in [1.29, 1.82) is 0 Å². The zero-order chi connectivity index (χ0) is 7.72. The van der Waals surface area contributed by atoms with Gasteiger partial charge in [0.2, 0.25) is 0 Å².